The molecule has 22 heavy (non-hydrogen) atoms. The molecule has 5 nitrogen and oxygen atoms in total. The lowest BCUT2D eigenvalue weighted by Crippen LogP contribution is -2.38. The second-order valence-electron chi connectivity index (χ2n) is 5.36. The highest BCUT2D eigenvalue weighted by Crippen LogP contribution is 2.25. The first-order valence-corrected chi connectivity index (χ1v) is 7.63. The Balaban J connectivity index is 1.55. The first-order valence-electron chi connectivity index (χ1n) is 7.22. The number of thiocarbonyl (C=S) groups is 1. The third kappa shape index (κ3) is 2.31. The number of aromatic amines is 1. The number of hydrogen-bond donors (Lipinski definition) is 2. The predicted octanol–water partition coefficient (Wildman–Crippen LogP) is 2.71. The van der Waals surface area contributed by atoms with Crippen molar-refractivity contribution in [3.63, 3.8) is 0 Å². The van der Waals surface area contributed by atoms with Crippen LogP contribution in [0.2, 0.25) is 0 Å². The van der Waals surface area contributed by atoms with Crippen LogP contribution in [0.15, 0.2) is 42.7 Å². The van der Waals surface area contributed by atoms with Gasteiger partial charge in [0.25, 0.3) is 0 Å². The SMILES string of the molecule is S=C(Nc1ccccc1)N1CCc2c(cnc3[nH]ncc23)C1. The molecule has 1 aliphatic rings. The van der Waals surface area contributed by atoms with Gasteiger partial charge in [-0.3, -0.25) is 5.10 Å². The molecule has 2 aromatic heterocycles. The number of nitrogens with zero attached hydrogens (tertiary/aromatic N) is 3. The average molecular weight is 309 g/mol. The number of H-pyrrole nitrogens is 1. The maximum Gasteiger partial charge on any atom is 0.173 e. The second-order valence-corrected chi connectivity index (χ2v) is 5.75. The minimum atomic E-state index is 0.754. The van der Waals surface area contributed by atoms with Crippen molar-refractivity contribution in [1.82, 2.24) is 20.1 Å². The fraction of sp³-hybridized carbons (Fsp3) is 0.188. The minimum Gasteiger partial charge on any atom is -0.344 e. The fourth-order valence-electron chi connectivity index (χ4n) is 2.85. The van der Waals surface area contributed by atoms with Gasteiger partial charge in [0.1, 0.15) is 0 Å². The van der Waals surface area contributed by atoms with Crippen LogP contribution in [0.5, 0.6) is 0 Å². The third-order valence-electron chi connectivity index (χ3n) is 3.99. The smallest absolute Gasteiger partial charge is 0.173 e. The zero-order chi connectivity index (χ0) is 14.9. The highest BCUT2D eigenvalue weighted by atomic mass is 32.1. The van der Waals surface area contributed by atoms with Gasteiger partial charge in [0.15, 0.2) is 10.8 Å². The van der Waals surface area contributed by atoms with E-state index in [9.17, 15) is 0 Å². The Labute approximate surface area is 133 Å². The Morgan fingerprint density at radius 3 is 2.95 bits per heavy atom. The summed E-state index contributed by atoms with van der Waals surface area (Å²) in [6.07, 6.45) is 4.73. The highest BCUT2D eigenvalue weighted by Gasteiger charge is 2.21. The third-order valence-corrected chi connectivity index (χ3v) is 4.35. The van der Waals surface area contributed by atoms with Gasteiger partial charge in [-0.1, -0.05) is 18.2 Å². The predicted molar refractivity (Wildman–Crippen MR) is 90.7 cm³/mol. The Kier molecular flexibility index (Phi) is 3.23. The molecule has 0 aliphatic carbocycles. The normalized spacial score (nSPS) is 13.9. The van der Waals surface area contributed by atoms with E-state index in [-0.39, 0.29) is 0 Å². The van der Waals surface area contributed by atoms with Crippen molar-refractivity contribution in [2.75, 3.05) is 11.9 Å². The van der Waals surface area contributed by atoms with Crippen molar-refractivity contribution in [2.45, 2.75) is 13.0 Å². The summed E-state index contributed by atoms with van der Waals surface area (Å²) in [7, 11) is 0. The maximum absolute atomic E-state index is 5.54. The van der Waals surface area contributed by atoms with Gasteiger partial charge in [0.2, 0.25) is 0 Å². The number of hydrogen-bond acceptors (Lipinski definition) is 3. The Morgan fingerprint density at radius 1 is 1.23 bits per heavy atom. The summed E-state index contributed by atoms with van der Waals surface area (Å²) in [5, 5.41) is 12.2. The van der Waals surface area contributed by atoms with Crippen molar-refractivity contribution in [3.8, 4) is 0 Å². The molecule has 0 bridgehead atoms. The minimum absolute atomic E-state index is 0.754. The van der Waals surface area contributed by atoms with Gasteiger partial charge in [0, 0.05) is 30.4 Å². The van der Waals surface area contributed by atoms with E-state index in [2.05, 4.69) is 25.4 Å². The van der Waals surface area contributed by atoms with Crippen LogP contribution in [-0.4, -0.2) is 31.7 Å². The van der Waals surface area contributed by atoms with Crippen LogP contribution < -0.4 is 5.32 Å². The zero-order valence-electron chi connectivity index (χ0n) is 11.9. The van der Waals surface area contributed by atoms with Gasteiger partial charge in [-0.25, -0.2) is 4.98 Å². The zero-order valence-corrected chi connectivity index (χ0v) is 12.7. The van der Waals surface area contributed by atoms with Gasteiger partial charge in [-0.05, 0) is 41.9 Å². The number of para-hydroxylation sites is 1. The molecular formula is C16H15N5S. The average Bonchev–Trinajstić information content (AvgIpc) is 3.04. The van der Waals surface area contributed by atoms with E-state index in [1.54, 1.807) is 0 Å². The van der Waals surface area contributed by atoms with E-state index in [1.807, 2.05) is 42.7 Å². The van der Waals surface area contributed by atoms with Crippen molar-refractivity contribution in [1.29, 1.82) is 0 Å². The van der Waals surface area contributed by atoms with E-state index >= 15 is 0 Å². The quantitative estimate of drug-likeness (QED) is 0.677. The van der Waals surface area contributed by atoms with Crippen LogP contribution in [0.25, 0.3) is 11.0 Å². The number of rotatable bonds is 1. The first-order chi connectivity index (χ1) is 10.8. The molecule has 0 spiro atoms. The van der Waals surface area contributed by atoms with E-state index in [0.717, 1.165) is 41.3 Å². The molecule has 0 saturated heterocycles. The summed E-state index contributed by atoms with van der Waals surface area (Å²) >= 11 is 5.54. The summed E-state index contributed by atoms with van der Waals surface area (Å²) in [6, 6.07) is 10.0. The molecule has 6 heteroatoms. The second kappa shape index (κ2) is 5.38. The van der Waals surface area contributed by atoms with Crippen molar-refractivity contribution in [2.24, 2.45) is 0 Å². The van der Waals surface area contributed by atoms with Crippen molar-refractivity contribution < 1.29 is 0 Å². The standard InChI is InChI=1S/C16H15N5S/c22-16(19-12-4-2-1-3-5-12)21-7-6-13-11(10-21)8-17-15-14(13)9-18-20-15/h1-5,8-9H,6-7,10H2,(H,19,22)(H,17,18,20). The van der Waals surface area contributed by atoms with Gasteiger partial charge in [-0.15, -0.1) is 0 Å². The lowest BCUT2D eigenvalue weighted by Gasteiger charge is -2.31. The number of nitrogens with one attached hydrogen (secondary N) is 2. The maximum atomic E-state index is 5.54. The van der Waals surface area contributed by atoms with E-state index in [1.165, 1.54) is 11.1 Å². The van der Waals surface area contributed by atoms with Crippen molar-refractivity contribution in [3.05, 3.63) is 53.9 Å². The molecule has 0 amide bonds. The van der Waals surface area contributed by atoms with Gasteiger partial charge in [-0.2, -0.15) is 5.10 Å². The van der Waals surface area contributed by atoms with Gasteiger partial charge in [0.05, 0.1) is 6.20 Å². The van der Waals surface area contributed by atoms with Crippen LogP contribution in [0, 0.1) is 0 Å². The molecule has 110 valence electrons. The van der Waals surface area contributed by atoms with Crippen LogP contribution in [0.4, 0.5) is 5.69 Å². The summed E-state index contributed by atoms with van der Waals surface area (Å²) in [5.41, 5.74) is 4.42. The molecule has 0 radical (unpaired) electrons. The lowest BCUT2D eigenvalue weighted by molar-refractivity contribution is 0.400. The Morgan fingerprint density at radius 2 is 2.09 bits per heavy atom. The highest BCUT2D eigenvalue weighted by molar-refractivity contribution is 7.80. The largest absolute Gasteiger partial charge is 0.344 e. The number of anilines is 1. The molecule has 3 aromatic rings. The summed E-state index contributed by atoms with van der Waals surface area (Å²) in [4.78, 5) is 6.60. The van der Waals surface area contributed by atoms with Gasteiger partial charge >= 0.3 is 0 Å². The molecule has 0 atom stereocenters. The molecule has 4 rings (SSSR count). The lowest BCUT2D eigenvalue weighted by atomic mass is 9.99. The van der Waals surface area contributed by atoms with Crippen LogP contribution in [0.1, 0.15) is 11.1 Å². The van der Waals surface area contributed by atoms with Crippen LogP contribution >= 0.6 is 12.2 Å². The fourth-order valence-corrected chi connectivity index (χ4v) is 3.13. The molecular weight excluding hydrogens is 294 g/mol. The number of pyridine rings is 1. The summed E-state index contributed by atoms with van der Waals surface area (Å²) in [6.45, 7) is 1.68. The Bertz CT molecular complexity index is 827. The molecule has 1 aromatic carbocycles. The number of benzene rings is 1. The summed E-state index contributed by atoms with van der Waals surface area (Å²) < 4.78 is 0. The first kappa shape index (κ1) is 13.2. The van der Waals surface area contributed by atoms with Crippen LogP contribution in [-0.2, 0) is 13.0 Å². The summed E-state index contributed by atoms with van der Waals surface area (Å²) in [5.74, 6) is 0. The van der Waals surface area contributed by atoms with E-state index in [4.69, 9.17) is 12.2 Å². The number of fused-ring (bicyclic) bond motifs is 3. The molecule has 0 unspecified atom stereocenters. The van der Waals surface area contributed by atoms with Gasteiger partial charge < -0.3 is 10.2 Å². The van der Waals surface area contributed by atoms with E-state index in [0.29, 0.717) is 0 Å². The van der Waals surface area contributed by atoms with Crippen LogP contribution in [0.3, 0.4) is 0 Å². The molecule has 3 heterocycles. The molecule has 1 aliphatic heterocycles. The molecule has 0 saturated carbocycles. The molecule has 0 fully saturated rings. The number of aromatic nitrogens is 3. The van der Waals surface area contributed by atoms with Crippen molar-refractivity contribution >= 4 is 34.1 Å². The topological polar surface area (TPSA) is 56.8 Å². The Hall–Kier alpha value is -2.47. The van der Waals surface area contributed by atoms with E-state index < -0.39 is 0 Å². The monoisotopic (exact) mass is 309 g/mol. The molecule has 2 N–H and O–H groups in total.